The van der Waals surface area contributed by atoms with Gasteiger partial charge in [-0.05, 0) is 48.2 Å². The maximum absolute atomic E-state index is 9.59. The highest BCUT2D eigenvalue weighted by atomic mass is 35.5. The number of phenolic OH excluding ortho intramolecular Hbond substituents is 1. The van der Waals surface area contributed by atoms with Crippen LogP contribution >= 0.6 is 11.6 Å². The summed E-state index contributed by atoms with van der Waals surface area (Å²) in [5.41, 5.74) is 4.59. The van der Waals surface area contributed by atoms with Gasteiger partial charge in [-0.25, -0.2) is 0 Å². The molecule has 0 fully saturated rings. The maximum atomic E-state index is 9.59. The molecule has 0 bridgehead atoms. The Morgan fingerprint density at radius 3 is 2.50 bits per heavy atom. The third-order valence-corrected chi connectivity index (χ3v) is 3.18. The highest BCUT2D eigenvalue weighted by Gasteiger charge is 2.06. The van der Waals surface area contributed by atoms with Gasteiger partial charge in [-0.1, -0.05) is 35.9 Å². The van der Waals surface area contributed by atoms with Crippen LogP contribution in [0.2, 0.25) is 5.02 Å². The minimum Gasteiger partial charge on any atom is -0.506 e. The van der Waals surface area contributed by atoms with Gasteiger partial charge in [-0.2, -0.15) is 0 Å². The zero-order valence-electron chi connectivity index (χ0n) is 9.29. The lowest BCUT2D eigenvalue weighted by molar-refractivity contribution is 0.476. The Morgan fingerprint density at radius 1 is 1.06 bits per heavy atom. The predicted molar refractivity (Wildman–Crippen MR) is 68.0 cm³/mol. The molecule has 2 rings (SSSR count). The molecule has 2 aromatic rings. The molecular formula is C14H13ClO. The predicted octanol–water partition coefficient (Wildman–Crippen LogP) is 4.33. The molecule has 0 aliphatic carbocycles. The van der Waals surface area contributed by atoms with E-state index in [4.69, 9.17) is 11.6 Å². The van der Waals surface area contributed by atoms with Crippen molar-refractivity contribution in [3.63, 3.8) is 0 Å². The molecule has 1 N–H and O–H groups in total. The number of rotatable bonds is 1. The first-order valence-corrected chi connectivity index (χ1v) is 5.52. The Morgan fingerprint density at radius 2 is 1.81 bits per heavy atom. The van der Waals surface area contributed by atoms with E-state index in [1.807, 2.05) is 18.2 Å². The van der Waals surface area contributed by atoms with Gasteiger partial charge in [0.05, 0.1) is 5.02 Å². The molecule has 0 heterocycles. The average Bonchev–Trinajstić information content (AvgIpc) is 2.26. The van der Waals surface area contributed by atoms with E-state index in [2.05, 4.69) is 19.9 Å². The van der Waals surface area contributed by atoms with Gasteiger partial charge in [0, 0.05) is 0 Å². The van der Waals surface area contributed by atoms with E-state index in [0.29, 0.717) is 5.02 Å². The highest BCUT2D eigenvalue weighted by Crippen LogP contribution is 2.31. The molecule has 0 radical (unpaired) electrons. The van der Waals surface area contributed by atoms with Crippen LogP contribution < -0.4 is 0 Å². The van der Waals surface area contributed by atoms with Gasteiger partial charge >= 0.3 is 0 Å². The minimum atomic E-state index is 0.125. The van der Waals surface area contributed by atoms with E-state index in [9.17, 15) is 5.11 Å². The number of aromatic hydroxyl groups is 1. The van der Waals surface area contributed by atoms with Crippen molar-refractivity contribution in [3.05, 3.63) is 52.5 Å². The second-order valence-corrected chi connectivity index (χ2v) is 4.32. The monoisotopic (exact) mass is 232 g/mol. The molecule has 0 atom stereocenters. The van der Waals surface area contributed by atoms with Crippen molar-refractivity contribution < 1.29 is 5.11 Å². The molecule has 2 aromatic carbocycles. The molecule has 1 nitrogen and oxygen atoms in total. The molecule has 82 valence electrons. The molecular weight excluding hydrogens is 220 g/mol. The Bertz CT molecular complexity index is 532. The Hall–Kier alpha value is -1.47. The minimum absolute atomic E-state index is 0.125. The summed E-state index contributed by atoms with van der Waals surface area (Å²) in [5, 5.41) is 9.97. The molecule has 0 aromatic heterocycles. The lowest BCUT2D eigenvalue weighted by Gasteiger charge is -2.09. The molecule has 0 saturated carbocycles. The number of hydrogen-bond acceptors (Lipinski definition) is 1. The van der Waals surface area contributed by atoms with E-state index >= 15 is 0 Å². The van der Waals surface area contributed by atoms with Crippen molar-refractivity contribution in [2.75, 3.05) is 0 Å². The number of halogens is 1. The fraction of sp³-hybridized carbons (Fsp3) is 0.143. The van der Waals surface area contributed by atoms with Crippen LogP contribution in [0, 0.1) is 13.8 Å². The highest BCUT2D eigenvalue weighted by molar-refractivity contribution is 6.32. The maximum Gasteiger partial charge on any atom is 0.134 e. The normalized spacial score (nSPS) is 10.4. The molecule has 0 unspecified atom stereocenters. The summed E-state index contributed by atoms with van der Waals surface area (Å²) in [6, 6.07) is 11.5. The Balaban J connectivity index is 2.59. The first-order valence-electron chi connectivity index (χ1n) is 5.14. The van der Waals surface area contributed by atoms with Crippen LogP contribution in [0.5, 0.6) is 5.75 Å². The SMILES string of the molecule is Cc1cccc(-c2ccc(Cl)c(O)c2)c1C. The van der Waals surface area contributed by atoms with E-state index < -0.39 is 0 Å². The summed E-state index contributed by atoms with van der Waals surface area (Å²) in [5.74, 6) is 0.125. The molecule has 16 heavy (non-hydrogen) atoms. The van der Waals surface area contributed by atoms with Crippen LogP contribution in [0.4, 0.5) is 0 Å². The summed E-state index contributed by atoms with van der Waals surface area (Å²) < 4.78 is 0. The van der Waals surface area contributed by atoms with Crippen LogP contribution in [-0.4, -0.2) is 5.11 Å². The van der Waals surface area contributed by atoms with E-state index in [-0.39, 0.29) is 5.75 Å². The van der Waals surface area contributed by atoms with Crippen LogP contribution in [0.25, 0.3) is 11.1 Å². The van der Waals surface area contributed by atoms with Gasteiger partial charge in [-0.3, -0.25) is 0 Å². The molecule has 0 spiro atoms. The third kappa shape index (κ3) is 1.91. The van der Waals surface area contributed by atoms with Gasteiger partial charge in [0.15, 0.2) is 0 Å². The number of phenols is 1. The summed E-state index contributed by atoms with van der Waals surface area (Å²) in [6.45, 7) is 4.16. The fourth-order valence-electron chi connectivity index (χ4n) is 1.74. The molecule has 0 aliphatic heterocycles. The van der Waals surface area contributed by atoms with Gasteiger partial charge < -0.3 is 5.11 Å². The van der Waals surface area contributed by atoms with Crippen molar-refractivity contribution in [2.45, 2.75) is 13.8 Å². The quantitative estimate of drug-likeness (QED) is 0.776. The second kappa shape index (κ2) is 4.18. The topological polar surface area (TPSA) is 20.2 Å². The van der Waals surface area contributed by atoms with E-state index in [1.54, 1.807) is 12.1 Å². The van der Waals surface area contributed by atoms with Crippen LogP contribution in [0.3, 0.4) is 0 Å². The van der Waals surface area contributed by atoms with Crippen molar-refractivity contribution in [2.24, 2.45) is 0 Å². The summed E-state index contributed by atoms with van der Waals surface area (Å²) in [7, 11) is 0. The lowest BCUT2D eigenvalue weighted by Crippen LogP contribution is -1.86. The van der Waals surface area contributed by atoms with Gasteiger partial charge in [-0.15, -0.1) is 0 Å². The van der Waals surface area contributed by atoms with Crippen molar-refractivity contribution in [1.29, 1.82) is 0 Å². The van der Waals surface area contributed by atoms with Crippen molar-refractivity contribution in [3.8, 4) is 16.9 Å². The van der Waals surface area contributed by atoms with Crippen LogP contribution in [0.15, 0.2) is 36.4 Å². The zero-order chi connectivity index (χ0) is 11.7. The van der Waals surface area contributed by atoms with Crippen LogP contribution in [-0.2, 0) is 0 Å². The average molecular weight is 233 g/mol. The zero-order valence-corrected chi connectivity index (χ0v) is 10.0. The summed E-state index contributed by atoms with van der Waals surface area (Å²) >= 11 is 5.79. The van der Waals surface area contributed by atoms with Gasteiger partial charge in [0.1, 0.15) is 5.75 Å². The molecule has 2 heteroatoms. The lowest BCUT2D eigenvalue weighted by atomic mass is 9.97. The first-order chi connectivity index (χ1) is 7.59. The number of aryl methyl sites for hydroxylation is 1. The smallest absolute Gasteiger partial charge is 0.134 e. The molecule has 0 aliphatic rings. The van der Waals surface area contributed by atoms with E-state index in [1.165, 1.54) is 11.1 Å². The van der Waals surface area contributed by atoms with Crippen LogP contribution in [0.1, 0.15) is 11.1 Å². The number of benzene rings is 2. The molecule has 0 amide bonds. The second-order valence-electron chi connectivity index (χ2n) is 3.91. The van der Waals surface area contributed by atoms with Gasteiger partial charge in [0.25, 0.3) is 0 Å². The summed E-state index contributed by atoms with van der Waals surface area (Å²) in [4.78, 5) is 0. The van der Waals surface area contributed by atoms with Crippen molar-refractivity contribution in [1.82, 2.24) is 0 Å². The van der Waals surface area contributed by atoms with E-state index in [0.717, 1.165) is 11.1 Å². The Kier molecular flexibility index (Phi) is 2.88. The standard InChI is InChI=1S/C14H13ClO/c1-9-4-3-5-12(10(9)2)11-6-7-13(15)14(16)8-11/h3-8,16H,1-2H3. The summed E-state index contributed by atoms with van der Waals surface area (Å²) in [6.07, 6.45) is 0. The largest absolute Gasteiger partial charge is 0.506 e. The molecule has 0 saturated heterocycles. The van der Waals surface area contributed by atoms with Crippen molar-refractivity contribution >= 4 is 11.6 Å². The number of hydrogen-bond donors (Lipinski definition) is 1. The third-order valence-electron chi connectivity index (χ3n) is 2.86. The fourth-order valence-corrected chi connectivity index (χ4v) is 1.86. The van der Waals surface area contributed by atoms with Gasteiger partial charge in [0.2, 0.25) is 0 Å². The Labute approximate surface area is 100 Å². The first kappa shape index (κ1) is 11.0.